The van der Waals surface area contributed by atoms with Crippen LogP contribution in [0.5, 0.6) is 0 Å². The maximum atomic E-state index is 13.3. The summed E-state index contributed by atoms with van der Waals surface area (Å²) in [6.45, 7) is 1.66. The first-order valence-corrected chi connectivity index (χ1v) is 12.4. The van der Waals surface area contributed by atoms with Crippen molar-refractivity contribution in [2.75, 3.05) is 5.32 Å². The Labute approximate surface area is 214 Å². The summed E-state index contributed by atoms with van der Waals surface area (Å²) in [7, 11) is 1.73. The quantitative estimate of drug-likeness (QED) is 0.357. The molecule has 7 nitrogen and oxygen atoms in total. The van der Waals surface area contributed by atoms with Gasteiger partial charge < -0.3 is 9.84 Å². The van der Waals surface area contributed by atoms with Crippen LogP contribution in [-0.4, -0.2) is 26.9 Å². The van der Waals surface area contributed by atoms with Gasteiger partial charge in [0.25, 0.3) is 0 Å². The van der Waals surface area contributed by atoms with Gasteiger partial charge in [-0.25, -0.2) is 9.18 Å². The van der Waals surface area contributed by atoms with Gasteiger partial charge in [-0.1, -0.05) is 41.9 Å². The van der Waals surface area contributed by atoms with Crippen molar-refractivity contribution >= 4 is 29.5 Å². The molecular formula is C27H29ClFN3O4. The first-order valence-electron chi connectivity index (χ1n) is 12.0. The number of rotatable bonds is 7. The first-order chi connectivity index (χ1) is 17.2. The molecule has 3 aromatic rings. The second kappa shape index (κ2) is 11.1. The predicted molar refractivity (Wildman–Crippen MR) is 136 cm³/mol. The van der Waals surface area contributed by atoms with E-state index in [-0.39, 0.29) is 17.4 Å². The lowest BCUT2D eigenvalue weighted by Gasteiger charge is -2.28. The Morgan fingerprint density at radius 3 is 2.53 bits per heavy atom. The predicted octanol–water partition coefficient (Wildman–Crippen LogP) is 6.94. The number of ether oxygens (including phenoxy) is 1. The van der Waals surface area contributed by atoms with E-state index in [1.807, 2.05) is 12.1 Å². The van der Waals surface area contributed by atoms with Crippen LogP contribution in [0.3, 0.4) is 0 Å². The molecule has 0 aliphatic heterocycles. The number of aliphatic carboxylic acids is 1. The summed E-state index contributed by atoms with van der Waals surface area (Å²) in [5, 5.41) is 16.3. The molecule has 2 N–H and O–H groups in total. The molecule has 0 radical (unpaired) electrons. The number of carboxylic acids is 1. The van der Waals surface area contributed by atoms with E-state index in [4.69, 9.17) is 21.4 Å². The summed E-state index contributed by atoms with van der Waals surface area (Å²) >= 11 is 6.09. The monoisotopic (exact) mass is 513 g/mol. The number of halogens is 2. The number of aromatic nitrogens is 2. The van der Waals surface area contributed by atoms with Crippen LogP contribution in [0.15, 0.2) is 48.7 Å². The van der Waals surface area contributed by atoms with Crippen molar-refractivity contribution in [3.05, 3.63) is 70.6 Å². The molecule has 1 aliphatic carbocycles. The highest BCUT2D eigenvalue weighted by Gasteiger charge is 2.24. The van der Waals surface area contributed by atoms with E-state index in [0.29, 0.717) is 17.3 Å². The molecule has 1 saturated carbocycles. The Hall–Kier alpha value is -3.39. The molecule has 1 fully saturated rings. The van der Waals surface area contributed by atoms with E-state index in [2.05, 4.69) is 22.5 Å². The minimum Gasteiger partial charge on any atom is -0.481 e. The largest absolute Gasteiger partial charge is 0.481 e. The number of anilines is 1. The number of carbonyl (C=O) groups is 2. The maximum absolute atomic E-state index is 13.3. The van der Waals surface area contributed by atoms with Crippen LogP contribution in [0.25, 0.3) is 11.1 Å². The van der Waals surface area contributed by atoms with Crippen molar-refractivity contribution in [2.24, 2.45) is 13.0 Å². The second-order valence-corrected chi connectivity index (χ2v) is 9.71. The van der Waals surface area contributed by atoms with Crippen molar-refractivity contribution in [2.45, 2.75) is 51.0 Å². The van der Waals surface area contributed by atoms with Gasteiger partial charge in [0, 0.05) is 24.6 Å². The van der Waals surface area contributed by atoms with Gasteiger partial charge >= 0.3 is 12.1 Å². The van der Waals surface area contributed by atoms with Gasteiger partial charge in [0.15, 0.2) is 0 Å². The molecule has 1 aromatic heterocycles. The smallest absolute Gasteiger partial charge is 0.413 e. The number of nitrogens with zero attached hydrogens (tertiary/aromatic N) is 2. The Morgan fingerprint density at radius 1 is 1.19 bits per heavy atom. The van der Waals surface area contributed by atoms with E-state index in [1.165, 1.54) is 23.8 Å². The maximum Gasteiger partial charge on any atom is 0.413 e. The van der Waals surface area contributed by atoms with Crippen molar-refractivity contribution in [3.8, 4) is 11.1 Å². The molecule has 0 spiro atoms. The second-order valence-electron chi connectivity index (χ2n) is 9.31. The van der Waals surface area contributed by atoms with E-state index in [0.717, 1.165) is 36.8 Å². The molecule has 0 saturated heterocycles. The number of hydrogen-bond acceptors (Lipinski definition) is 4. The van der Waals surface area contributed by atoms with E-state index >= 15 is 0 Å². The van der Waals surface area contributed by atoms with Crippen LogP contribution < -0.4 is 5.32 Å². The zero-order valence-corrected chi connectivity index (χ0v) is 21.0. The summed E-state index contributed by atoms with van der Waals surface area (Å²) in [6, 6.07) is 12.1. The number of nitrogens with one attached hydrogen (secondary N) is 1. The number of carbonyl (C=O) groups excluding carboxylic acids is 1. The van der Waals surface area contributed by atoms with Gasteiger partial charge in [0.05, 0.1) is 11.2 Å². The number of carboxylic acid groups (broad SMARTS) is 1. The van der Waals surface area contributed by atoms with Gasteiger partial charge in [0.1, 0.15) is 17.7 Å². The van der Waals surface area contributed by atoms with Gasteiger partial charge in [-0.05, 0) is 67.7 Å². The third kappa shape index (κ3) is 6.05. The lowest BCUT2D eigenvalue weighted by Crippen LogP contribution is -2.18. The fourth-order valence-corrected chi connectivity index (χ4v) is 5.18. The number of aryl methyl sites for hydroxylation is 1. The molecular weight excluding hydrogens is 485 g/mol. The summed E-state index contributed by atoms with van der Waals surface area (Å²) in [5.74, 6) is -0.00799. The number of benzene rings is 2. The zero-order valence-electron chi connectivity index (χ0n) is 20.2. The van der Waals surface area contributed by atoms with Crippen molar-refractivity contribution < 1.29 is 23.8 Å². The van der Waals surface area contributed by atoms with Crippen LogP contribution in [-0.2, 0) is 16.6 Å². The Morgan fingerprint density at radius 2 is 1.89 bits per heavy atom. The SMILES string of the molecule is CC(OC(=O)Nc1c(-c2ccc(C3CCC(CC(=O)O)CC3)cc2)cnn1C)c1ccc(F)cc1Cl. The molecule has 1 unspecified atom stereocenters. The van der Waals surface area contributed by atoms with Gasteiger partial charge in [-0.2, -0.15) is 5.10 Å². The van der Waals surface area contributed by atoms with Crippen LogP contribution in [0.2, 0.25) is 5.02 Å². The molecule has 1 aliphatic rings. The molecule has 4 rings (SSSR count). The zero-order chi connectivity index (χ0) is 25.8. The normalized spacial score (nSPS) is 18.4. The summed E-state index contributed by atoms with van der Waals surface area (Å²) < 4.78 is 20.4. The van der Waals surface area contributed by atoms with Gasteiger partial charge in [0.2, 0.25) is 0 Å². The van der Waals surface area contributed by atoms with E-state index in [9.17, 15) is 14.0 Å². The lowest BCUT2D eigenvalue weighted by atomic mass is 9.77. The third-order valence-electron chi connectivity index (χ3n) is 6.85. The minimum atomic E-state index is -0.721. The summed E-state index contributed by atoms with van der Waals surface area (Å²) in [4.78, 5) is 23.6. The van der Waals surface area contributed by atoms with E-state index < -0.39 is 24.0 Å². The number of amides is 1. The van der Waals surface area contributed by atoms with Gasteiger partial charge in [-0.15, -0.1) is 0 Å². The number of hydrogen-bond donors (Lipinski definition) is 2. The summed E-state index contributed by atoms with van der Waals surface area (Å²) in [6.07, 6.45) is 4.40. The molecule has 0 bridgehead atoms. The Bertz CT molecular complexity index is 1240. The third-order valence-corrected chi connectivity index (χ3v) is 7.17. The molecule has 190 valence electrons. The highest BCUT2D eigenvalue weighted by atomic mass is 35.5. The standard InChI is InChI=1S/C27H29ClFN3O4/c1-16(22-12-11-21(29)14-24(22)28)36-27(35)31-26-23(15-30-32(26)2)20-9-7-19(8-10-20)18-5-3-17(4-6-18)13-25(33)34/h7-12,14-18H,3-6,13H2,1-2H3,(H,31,35)(H,33,34). The fraction of sp³-hybridized carbons (Fsp3) is 0.370. The molecule has 1 heterocycles. The van der Waals surface area contributed by atoms with Crippen molar-refractivity contribution in [1.82, 2.24) is 9.78 Å². The average molecular weight is 514 g/mol. The molecule has 36 heavy (non-hydrogen) atoms. The molecule has 9 heteroatoms. The van der Waals surface area contributed by atoms with Crippen molar-refractivity contribution in [1.29, 1.82) is 0 Å². The summed E-state index contributed by atoms with van der Waals surface area (Å²) in [5.41, 5.74) is 3.39. The van der Waals surface area contributed by atoms with E-state index in [1.54, 1.807) is 24.9 Å². The van der Waals surface area contributed by atoms with Crippen LogP contribution >= 0.6 is 11.6 Å². The Balaban J connectivity index is 1.41. The Kier molecular flexibility index (Phi) is 7.94. The van der Waals surface area contributed by atoms with Crippen molar-refractivity contribution in [3.63, 3.8) is 0 Å². The topological polar surface area (TPSA) is 93.4 Å². The minimum absolute atomic E-state index is 0.187. The average Bonchev–Trinajstić information content (AvgIpc) is 3.19. The molecule has 1 atom stereocenters. The highest BCUT2D eigenvalue weighted by molar-refractivity contribution is 6.31. The van der Waals surface area contributed by atoms with Crippen LogP contribution in [0.1, 0.15) is 62.2 Å². The lowest BCUT2D eigenvalue weighted by molar-refractivity contribution is -0.138. The molecule has 2 aromatic carbocycles. The first kappa shape index (κ1) is 25.7. The van der Waals surface area contributed by atoms with Crippen LogP contribution in [0.4, 0.5) is 15.0 Å². The van der Waals surface area contributed by atoms with Crippen LogP contribution in [0, 0.1) is 11.7 Å². The van der Waals surface area contributed by atoms with Gasteiger partial charge in [-0.3, -0.25) is 14.8 Å². The fourth-order valence-electron chi connectivity index (χ4n) is 4.86. The molecule has 1 amide bonds. The highest BCUT2D eigenvalue weighted by Crippen LogP contribution is 2.38.